The van der Waals surface area contributed by atoms with Crippen LogP contribution in [0.2, 0.25) is 0 Å². The highest BCUT2D eigenvalue weighted by molar-refractivity contribution is 5.78. The zero-order chi connectivity index (χ0) is 19.7. The van der Waals surface area contributed by atoms with E-state index in [9.17, 15) is 14.5 Å². The molecule has 1 aromatic heterocycles. The number of rotatable bonds is 5. The summed E-state index contributed by atoms with van der Waals surface area (Å²) in [5.41, 5.74) is 2.72. The SMILES string of the molecule is Cn1c(CC[NH+]2CCN(c3ccc(F)cc3)CC2)nc2cc([N+](=O)[O-])ccc21. The topological polar surface area (TPSA) is 68.6 Å². The number of imidazole rings is 1. The van der Waals surface area contributed by atoms with Gasteiger partial charge in [0, 0.05) is 24.9 Å². The smallest absolute Gasteiger partial charge is 0.271 e. The molecule has 0 aliphatic carbocycles. The minimum absolute atomic E-state index is 0.0692. The number of aryl methyl sites for hydroxylation is 1. The molecule has 0 atom stereocenters. The Labute approximate surface area is 162 Å². The van der Waals surface area contributed by atoms with Gasteiger partial charge in [-0.25, -0.2) is 9.37 Å². The standard InChI is InChI=1S/C20H22FN5O2/c1-23-19-7-6-17(26(27)28)14-18(19)22-20(23)8-9-24-10-12-25(13-11-24)16-4-2-15(21)3-5-16/h2-7,14H,8-13H2,1H3/p+1. The molecule has 28 heavy (non-hydrogen) atoms. The number of nitro groups is 1. The first kappa shape index (κ1) is 18.4. The van der Waals surface area contributed by atoms with Gasteiger partial charge in [-0.2, -0.15) is 0 Å². The molecule has 1 fully saturated rings. The summed E-state index contributed by atoms with van der Waals surface area (Å²) in [4.78, 5) is 19.0. The summed E-state index contributed by atoms with van der Waals surface area (Å²) in [6.07, 6.45) is 0.824. The molecule has 2 aromatic carbocycles. The Hall–Kier alpha value is -3.00. The fraction of sp³-hybridized carbons (Fsp3) is 0.350. The van der Waals surface area contributed by atoms with E-state index in [1.165, 1.54) is 29.2 Å². The zero-order valence-corrected chi connectivity index (χ0v) is 15.8. The van der Waals surface area contributed by atoms with Crippen molar-refractivity contribution in [1.29, 1.82) is 0 Å². The first-order valence-electron chi connectivity index (χ1n) is 9.45. The van der Waals surface area contributed by atoms with E-state index >= 15 is 0 Å². The number of non-ortho nitro benzene ring substituents is 1. The van der Waals surface area contributed by atoms with Crippen LogP contribution in [-0.4, -0.2) is 47.2 Å². The fourth-order valence-electron chi connectivity index (χ4n) is 3.85. The van der Waals surface area contributed by atoms with Gasteiger partial charge in [-0.15, -0.1) is 0 Å². The highest BCUT2D eigenvalue weighted by Gasteiger charge is 2.21. The van der Waals surface area contributed by atoms with Crippen molar-refractivity contribution in [3.05, 3.63) is 64.2 Å². The van der Waals surface area contributed by atoms with Crippen molar-refractivity contribution in [3.8, 4) is 0 Å². The molecule has 8 heteroatoms. The van der Waals surface area contributed by atoms with Crippen LogP contribution in [0.1, 0.15) is 5.82 Å². The van der Waals surface area contributed by atoms with Crippen molar-refractivity contribution in [2.75, 3.05) is 37.6 Å². The van der Waals surface area contributed by atoms with Crippen LogP contribution in [0.3, 0.4) is 0 Å². The number of hydrogen-bond donors (Lipinski definition) is 1. The van der Waals surface area contributed by atoms with E-state index in [4.69, 9.17) is 0 Å². The zero-order valence-electron chi connectivity index (χ0n) is 15.8. The monoisotopic (exact) mass is 384 g/mol. The molecule has 0 unspecified atom stereocenters. The second-order valence-electron chi connectivity index (χ2n) is 7.23. The van der Waals surface area contributed by atoms with Crippen molar-refractivity contribution in [3.63, 3.8) is 0 Å². The molecule has 0 spiro atoms. The number of quaternary nitrogens is 1. The number of piperazine rings is 1. The number of anilines is 1. The predicted molar refractivity (Wildman–Crippen MR) is 105 cm³/mol. The minimum atomic E-state index is -0.390. The molecule has 0 radical (unpaired) electrons. The molecule has 3 aromatic rings. The van der Waals surface area contributed by atoms with E-state index in [2.05, 4.69) is 9.88 Å². The number of nitro benzene ring substituents is 1. The van der Waals surface area contributed by atoms with Crippen molar-refractivity contribution in [2.45, 2.75) is 6.42 Å². The Morgan fingerprint density at radius 3 is 2.57 bits per heavy atom. The van der Waals surface area contributed by atoms with Gasteiger partial charge in [0.2, 0.25) is 0 Å². The molecule has 1 saturated heterocycles. The van der Waals surface area contributed by atoms with E-state index in [0.717, 1.165) is 56.2 Å². The maximum absolute atomic E-state index is 13.1. The maximum atomic E-state index is 13.1. The summed E-state index contributed by atoms with van der Waals surface area (Å²) < 4.78 is 15.1. The van der Waals surface area contributed by atoms with Crippen molar-refractivity contribution >= 4 is 22.4 Å². The van der Waals surface area contributed by atoms with Gasteiger partial charge in [-0.1, -0.05) is 0 Å². The molecular formula is C20H23FN5O2+. The Balaban J connectivity index is 1.37. The number of nitrogens with one attached hydrogen (secondary N) is 1. The van der Waals surface area contributed by atoms with E-state index in [0.29, 0.717) is 5.52 Å². The van der Waals surface area contributed by atoms with E-state index < -0.39 is 4.92 Å². The number of nitrogens with zero attached hydrogens (tertiary/aromatic N) is 4. The Morgan fingerprint density at radius 2 is 1.89 bits per heavy atom. The number of fused-ring (bicyclic) bond motifs is 1. The molecule has 1 aliphatic rings. The number of halogens is 1. The van der Waals surface area contributed by atoms with Gasteiger partial charge in [-0.3, -0.25) is 10.1 Å². The average Bonchev–Trinajstić information content (AvgIpc) is 3.02. The van der Waals surface area contributed by atoms with Crippen LogP contribution >= 0.6 is 0 Å². The van der Waals surface area contributed by atoms with Crippen LogP contribution in [0.15, 0.2) is 42.5 Å². The first-order valence-corrected chi connectivity index (χ1v) is 9.45. The summed E-state index contributed by atoms with van der Waals surface area (Å²) >= 11 is 0. The van der Waals surface area contributed by atoms with Crippen LogP contribution in [0.4, 0.5) is 15.8 Å². The summed E-state index contributed by atoms with van der Waals surface area (Å²) in [5.74, 6) is 0.741. The lowest BCUT2D eigenvalue weighted by molar-refractivity contribution is -0.900. The molecule has 0 saturated carbocycles. The Bertz CT molecular complexity index is 994. The van der Waals surface area contributed by atoms with Crippen molar-refractivity contribution in [2.24, 2.45) is 7.05 Å². The van der Waals surface area contributed by atoms with Crippen LogP contribution in [-0.2, 0) is 13.5 Å². The molecule has 0 amide bonds. The van der Waals surface area contributed by atoms with Crippen LogP contribution < -0.4 is 9.80 Å². The summed E-state index contributed by atoms with van der Waals surface area (Å²) in [6.45, 7) is 4.89. The van der Waals surface area contributed by atoms with Crippen molar-refractivity contribution in [1.82, 2.24) is 9.55 Å². The Kier molecular flexibility index (Phi) is 4.95. The summed E-state index contributed by atoms with van der Waals surface area (Å²) in [7, 11) is 1.96. The third-order valence-corrected chi connectivity index (χ3v) is 5.53. The number of hydrogen-bond acceptors (Lipinski definition) is 4. The van der Waals surface area contributed by atoms with Gasteiger partial charge >= 0.3 is 0 Å². The van der Waals surface area contributed by atoms with Crippen molar-refractivity contribution < 1.29 is 14.2 Å². The average molecular weight is 384 g/mol. The van der Waals surface area contributed by atoms with Gasteiger partial charge in [-0.05, 0) is 30.3 Å². The quantitative estimate of drug-likeness (QED) is 0.536. The predicted octanol–water partition coefficient (Wildman–Crippen LogP) is 1.57. The van der Waals surface area contributed by atoms with Crippen LogP contribution in [0.5, 0.6) is 0 Å². The lowest BCUT2D eigenvalue weighted by Crippen LogP contribution is -3.15. The molecule has 146 valence electrons. The Morgan fingerprint density at radius 1 is 1.18 bits per heavy atom. The van der Waals surface area contributed by atoms with Gasteiger partial charge in [0.1, 0.15) is 11.6 Å². The van der Waals surface area contributed by atoms with Gasteiger partial charge in [0.05, 0.1) is 55.1 Å². The number of benzene rings is 2. The third kappa shape index (κ3) is 3.68. The molecule has 0 bridgehead atoms. The second-order valence-corrected chi connectivity index (χ2v) is 7.23. The van der Waals surface area contributed by atoms with Gasteiger partial charge in [0.25, 0.3) is 5.69 Å². The third-order valence-electron chi connectivity index (χ3n) is 5.53. The minimum Gasteiger partial charge on any atom is -0.360 e. The normalized spacial score (nSPS) is 15.3. The first-order chi connectivity index (χ1) is 13.5. The lowest BCUT2D eigenvalue weighted by atomic mass is 10.2. The summed E-state index contributed by atoms with van der Waals surface area (Å²) in [5, 5.41) is 11.0. The highest BCUT2D eigenvalue weighted by Crippen LogP contribution is 2.21. The number of aromatic nitrogens is 2. The van der Waals surface area contributed by atoms with E-state index in [1.807, 2.05) is 23.7 Å². The largest absolute Gasteiger partial charge is 0.360 e. The van der Waals surface area contributed by atoms with E-state index in [-0.39, 0.29) is 11.5 Å². The summed E-state index contributed by atoms with van der Waals surface area (Å²) in [6, 6.07) is 11.5. The van der Waals surface area contributed by atoms with Crippen LogP contribution in [0, 0.1) is 15.9 Å². The maximum Gasteiger partial charge on any atom is 0.271 e. The fourth-order valence-corrected chi connectivity index (χ4v) is 3.85. The van der Waals surface area contributed by atoms with Gasteiger partial charge in [0.15, 0.2) is 0 Å². The lowest BCUT2D eigenvalue weighted by Gasteiger charge is -2.33. The molecule has 1 aliphatic heterocycles. The van der Waals surface area contributed by atoms with Gasteiger partial charge < -0.3 is 14.4 Å². The van der Waals surface area contributed by atoms with Crippen LogP contribution in [0.25, 0.3) is 11.0 Å². The molecule has 1 N–H and O–H groups in total. The molecule has 4 rings (SSSR count). The molecule has 2 heterocycles. The molecule has 7 nitrogen and oxygen atoms in total. The van der Waals surface area contributed by atoms with E-state index in [1.54, 1.807) is 6.07 Å². The second kappa shape index (κ2) is 7.55. The highest BCUT2D eigenvalue weighted by atomic mass is 19.1. The molecular weight excluding hydrogens is 361 g/mol.